The molecule has 0 saturated heterocycles. The van der Waals surface area contributed by atoms with Crippen LogP contribution in [-0.4, -0.2) is 17.6 Å². The number of alkyl halides is 2. The zero-order valence-corrected chi connectivity index (χ0v) is 7.82. The molecule has 0 atom stereocenters. The Morgan fingerprint density at radius 1 is 1.25 bits per heavy atom. The Morgan fingerprint density at radius 3 is 2.00 bits per heavy atom. The Hall–Kier alpha value is -0.180. The van der Waals surface area contributed by atoms with Crippen molar-refractivity contribution in [1.29, 1.82) is 0 Å². The van der Waals surface area contributed by atoms with Crippen molar-refractivity contribution in [3.05, 3.63) is 0 Å². The van der Waals surface area contributed by atoms with Gasteiger partial charge in [0, 0.05) is 19.4 Å². The summed E-state index contributed by atoms with van der Waals surface area (Å²) < 4.78 is 24.9. The third kappa shape index (κ3) is 4.00. The highest BCUT2D eigenvalue weighted by atomic mass is 19.3. The SMILES string of the molecule is CC.OCC1CCC(F)(F)CC1. The van der Waals surface area contributed by atoms with E-state index in [0.717, 1.165) is 0 Å². The minimum Gasteiger partial charge on any atom is -0.396 e. The molecule has 0 unspecified atom stereocenters. The van der Waals surface area contributed by atoms with E-state index in [0.29, 0.717) is 12.8 Å². The van der Waals surface area contributed by atoms with Gasteiger partial charge in [-0.15, -0.1) is 0 Å². The molecule has 1 aliphatic rings. The van der Waals surface area contributed by atoms with Gasteiger partial charge >= 0.3 is 0 Å². The molecule has 74 valence electrons. The first-order chi connectivity index (χ1) is 5.64. The zero-order valence-electron chi connectivity index (χ0n) is 7.82. The predicted molar refractivity (Wildman–Crippen MR) is 45.3 cm³/mol. The van der Waals surface area contributed by atoms with Crippen LogP contribution in [0, 0.1) is 5.92 Å². The molecular formula is C9H18F2O. The van der Waals surface area contributed by atoms with Crippen LogP contribution in [0.3, 0.4) is 0 Å². The summed E-state index contributed by atoms with van der Waals surface area (Å²) in [5.74, 6) is -2.33. The molecule has 1 fully saturated rings. The highest BCUT2D eigenvalue weighted by molar-refractivity contribution is 4.76. The van der Waals surface area contributed by atoms with Gasteiger partial charge in [0.25, 0.3) is 0 Å². The highest BCUT2D eigenvalue weighted by Crippen LogP contribution is 2.35. The van der Waals surface area contributed by atoms with E-state index in [1.165, 1.54) is 0 Å². The smallest absolute Gasteiger partial charge is 0.248 e. The lowest BCUT2D eigenvalue weighted by atomic mass is 9.87. The van der Waals surface area contributed by atoms with Crippen LogP contribution in [0.5, 0.6) is 0 Å². The lowest BCUT2D eigenvalue weighted by Gasteiger charge is -2.26. The molecule has 0 amide bonds. The van der Waals surface area contributed by atoms with Gasteiger partial charge in [0.2, 0.25) is 5.92 Å². The lowest BCUT2D eigenvalue weighted by Crippen LogP contribution is -2.25. The second-order valence-corrected chi connectivity index (χ2v) is 2.98. The predicted octanol–water partition coefficient (Wildman–Crippen LogP) is 2.83. The number of halogens is 2. The van der Waals surface area contributed by atoms with Crippen LogP contribution in [0.4, 0.5) is 8.78 Å². The van der Waals surface area contributed by atoms with Gasteiger partial charge in [-0.2, -0.15) is 0 Å². The van der Waals surface area contributed by atoms with E-state index in [9.17, 15) is 8.78 Å². The molecule has 1 saturated carbocycles. The first-order valence-electron chi connectivity index (χ1n) is 4.63. The van der Waals surface area contributed by atoms with E-state index in [4.69, 9.17) is 5.11 Å². The number of rotatable bonds is 1. The van der Waals surface area contributed by atoms with Crippen molar-refractivity contribution in [2.24, 2.45) is 5.92 Å². The molecule has 1 rings (SSSR count). The molecule has 1 nitrogen and oxygen atoms in total. The maximum atomic E-state index is 12.4. The van der Waals surface area contributed by atoms with Gasteiger partial charge in [-0.25, -0.2) is 8.78 Å². The first kappa shape index (κ1) is 11.8. The minimum atomic E-state index is -2.45. The normalized spacial score (nSPS) is 22.8. The van der Waals surface area contributed by atoms with Crippen molar-refractivity contribution in [3.63, 3.8) is 0 Å². The molecule has 0 heterocycles. The number of hydrogen-bond donors (Lipinski definition) is 1. The van der Waals surface area contributed by atoms with Crippen LogP contribution >= 0.6 is 0 Å². The maximum Gasteiger partial charge on any atom is 0.248 e. The van der Waals surface area contributed by atoms with Gasteiger partial charge in [-0.3, -0.25) is 0 Å². The van der Waals surface area contributed by atoms with Crippen LogP contribution in [0.2, 0.25) is 0 Å². The fraction of sp³-hybridized carbons (Fsp3) is 1.00. The van der Waals surface area contributed by atoms with E-state index in [1.807, 2.05) is 13.8 Å². The standard InChI is InChI=1S/C7H12F2O.C2H6/c8-7(9)3-1-6(5-10)2-4-7;1-2/h6,10H,1-5H2;1-2H3. The third-order valence-electron chi connectivity index (χ3n) is 2.09. The quantitative estimate of drug-likeness (QED) is 0.657. The summed E-state index contributed by atoms with van der Waals surface area (Å²) in [6.45, 7) is 4.07. The van der Waals surface area contributed by atoms with Crippen molar-refractivity contribution >= 4 is 0 Å². The number of hydrogen-bond acceptors (Lipinski definition) is 1. The monoisotopic (exact) mass is 180 g/mol. The molecule has 0 aromatic rings. The molecule has 0 aliphatic heterocycles. The van der Waals surface area contributed by atoms with Crippen LogP contribution < -0.4 is 0 Å². The van der Waals surface area contributed by atoms with Crippen molar-refractivity contribution in [2.45, 2.75) is 45.5 Å². The Kier molecular flexibility index (Phi) is 5.38. The first-order valence-corrected chi connectivity index (χ1v) is 4.63. The van der Waals surface area contributed by atoms with Crippen LogP contribution in [-0.2, 0) is 0 Å². The fourth-order valence-electron chi connectivity index (χ4n) is 1.28. The van der Waals surface area contributed by atoms with Crippen LogP contribution in [0.15, 0.2) is 0 Å². The zero-order chi connectivity index (χ0) is 9.61. The molecule has 12 heavy (non-hydrogen) atoms. The second-order valence-electron chi connectivity index (χ2n) is 2.98. The topological polar surface area (TPSA) is 20.2 Å². The number of aliphatic hydroxyl groups is 1. The van der Waals surface area contributed by atoms with E-state index in [-0.39, 0.29) is 25.4 Å². The molecule has 0 spiro atoms. The van der Waals surface area contributed by atoms with Gasteiger partial charge in [0.05, 0.1) is 0 Å². The summed E-state index contributed by atoms with van der Waals surface area (Å²) in [7, 11) is 0. The van der Waals surface area contributed by atoms with E-state index < -0.39 is 5.92 Å². The Morgan fingerprint density at radius 2 is 1.67 bits per heavy atom. The third-order valence-corrected chi connectivity index (χ3v) is 2.09. The molecule has 0 aromatic carbocycles. The minimum absolute atomic E-state index is 0.0434. The van der Waals surface area contributed by atoms with E-state index in [2.05, 4.69) is 0 Å². The van der Waals surface area contributed by atoms with Gasteiger partial charge in [-0.1, -0.05) is 13.8 Å². The van der Waals surface area contributed by atoms with Crippen LogP contribution in [0.1, 0.15) is 39.5 Å². The maximum absolute atomic E-state index is 12.4. The van der Waals surface area contributed by atoms with E-state index >= 15 is 0 Å². The molecule has 3 heteroatoms. The van der Waals surface area contributed by atoms with E-state index in [1.54, 1.807) is 0 Å². The second kappa shape index (κ2) is 5.46. The van der Waals surface area contributed by atoms with Crippen molar-refractivity contribution in [3.8, 4) is 0 Å². The summed E-state index contributed by atoms with van der Waals surface area (Å²) in [6.07, 6.45) is 0.865. The van der Waals surface area contributed by atoms with Crippen LogP contribution in [0.25, 0.3) is 0 Å². The Bertz CT molecular complexity index is 105. The Labute approximate surface area is 72.8 Å². The molecule has 1 aliphatic carbocycles. The average molecular weight is 180 g/mol. The molecule has 0 aromatic heterocycles. The summed E-state index contributed by atoms with van der Waals surface area (Å²) in [5, 5.41) is 8.62. The summed E-state index contributed by atoms with van der Waals surface area (Å²) in [4.78, 5) is 0. The Balaban J connectivity index is 0.000000561. The summed E-state index contributed by atoms with van der Waals surface area (Å²) in [6, 6.07) is 0. The van der Waals surface area contributed by atoms with Gasteiger partial charge < -0.3 is 5.11 Å². The largest absolute Gasteiger partial charge is 0.396 e. The molecular weight excluding hydrogens is 162 g/mol. The van der Waals surface area contributed by atoms with Crippen molar-refractivity contribution in [1.82, 2.24) is 0 Å². The summed E-state index contributed by atoms with van der Waals surface area (Å²) >= 11 is 0. The van der Waals surface area contributed by atoms with Gasteiger partial charge in [0.15, 0.2) is 0 Å². The lowest BCUT2D eigenvalue weighted by molar-refractivity contribution is -0.0509. The van der Waals surface area contributed by atoms with Gasteiger partial charge in [0.1, 0.15) is 0 Å². The summed E-state index contributed by atoms with van der Waals surface area (Å²) in [5.41, 5.74) is 0. The fourth-order valence-corrected chi connectivity index (χ4v) is 1.28. The van der Waals surface area contributed by atoms with Crippen molar-refractivity contribution < 1.29 is 13.9 Å². The molecule has 0 bridgehead atoms. The average Bonchev–Trinajstić information content (AvgIpc) is 2.08. The number of aliphatic hydroxyl groups excluding tert-OH is 1. The van der Waals surface area contributed by atoms with Gasteiger partial charge in [-0.05, 0) is 18.8 Å². The molecule has 1 N–H and O–H groups in total. The van der Waals surface area contributed by atoms with Crippen molar-refractivity contribution in [2.75, 3.05) is 6.61 Å². The molecule has 0 radical (unpaired) electrons. The highest BCUT2D eigenvalue weighted by Gasteiger charge is 2.34.